The molecule has 0 aromatic rings. The summed E-state index contributed by atoms with van der Waals surface area (Å²) >= 11 is 0. The van der Waals surface area contributed by atoms with Crippen LogP contribution < -0.4 is 0 Å². The van der Waals surface area contributed by atoms with Crippen LogP contribution in [0.4, 0.5) is 0 Å². The molecule has 0 heterocycles. The van der Waals surface area contributed by atoms with Gasteiger partial charge in [-0.1, -0.05) is 45.6 Å². The summed E-state index contributed by atoms with van der Waals surface area (Å²) in [5.74, 6) is 0.886. The second kappa shape index (κ2) is 7.84. The second-order valence-electron chi connectivity index (χ2n) is 3.32. The van der Waals surface area contributed by atoms with Gasteiger partial charge < -0.3 is 0 Å². The lowest BCUT2D eigenvalue weighted by Gasteiger charge is -2.08. The van der Waals surface area contributed by atoms with Gasteiger partial charge in [-0.25, -0.2) is 0 Å². The van der Waals surface area contributed by atoms with Crippen molar-refractivity contribution in [3.63, 3.8) is 0 Å². The van der Waals surface area contributed by atoms with Gasteiger partial charge in [0.05, 0.1) is 0 Å². The molecule has 0 aliphatic heterocycles. The molecule has 11 heavy (non-hydrogen) atoms. The van der Waals surface area contributed by atoms with Gasteiger partial charge in [-0.05, 0) is 18.8 Å². The Hall–Kier alpha value is -0.260. The van der Waals surface area contributed by atoms with Crippen LogP contribution in [0.2, 0.25) is 0 Å². The molecule has 1 radical (unpaired) electrons. The molecule has 0 heteroatoms. The van der Waals surface area contributed by atoms with E-state index in [9.17, 15) is 0 Å². The van der Waals surface area contributed by atoms with E-state index in [1.54, 1.807) is 0 Å². The molecule has 0 fully saturated rings. The highest BCUT2D eigenvalue weighted by Crippen LogP contribution is 2.14. The molecular formula is C11H21. The van der Waals surface area contributed by atoms with Crippen molar-refractivity contribution in [2.24, 2.45) is 5.92 Å². The van der Waals surface area contributed by atoms with E-state index in [1.165, 1.54) is 32.1 Å². The molecule has 0 aromatic carbocycles. The average molecular weight is 153 g/mol. The molecule has 0 amide bonds. The van der Waals surface area contributed by atoms with Gasteiger partial charge in [-0.3, -0.25) is 0 Å². The standard InChI is InChI=1S/C11H21/c1-4-6-8-10-11(3)9-7-5-2/h4,11H,1-2,5-10H2,3H3. The predicted octanol–water partition coefficient (Wildman–Crippen LogP) is 3.98. The average Bonchev–Trinajstić information content (AvgIpc) is 2.01. The number of unbranched alkanes of at least 4 members (excludes halogenated alkanes) is 2. The fourth-order valence-corrected chi connectivity index (χ4v) is 1.25. The molecule has 0 spiro atoms. The summed E-state index contributed by atoms with van der Waals surface area (Å²) in [6.07, 6.45) is 9.57. The number of rotatable bonds is 7. The molecule has 0 aliphatic carbocycles. The van der Waals surface area contributed by atoms with Crippen LogP contribution in [0.3, 0.4) is 0 Å². The Kier molecular flexibility index (Phi) is 7.66. The zero-order valence-corrected chi connectivity index (χ0v) is 7.81. The van der Waals surface area contributed by atoms with E-state index in [-0.39, 0.29) is 0 Å². The first kappa shape index (κ1) is 10.7. The highest BCUT2D eigenvalue weighted by molar-refractivity contribution is 4.66. The van der Waals surface area contributed by atoms with Crippen LogP contribution in [-0.4, -0.2) is 0 Å². The van der Waals surface area contributed by atoms with E-state index in [0.717, 1.165) is 12.3 Å². The fourth-order valence-electron chi connectivity index (χ4n) is 1.25. The molecule has 0 nitrogen and oxygen atoms in total. The first-order valence-electron chi connectivity index (χ1n) is 4.71. The van der Waals surface area contributed by atoms with Crippen molar-refractivity contribution in [2.45, 2.75) is 45.4 Å². The molecule has 1 unspecified atom stereocenters. The second-order valence-corrected chi connectivity index (χ2v) is 3.32. The smallest absolute Gasteiger partial charge is 0.0353 e. The monoisotopic (exact) mass is 153 g/mol. The fraction of sp³-hybridized carbons (Fsp3) is 0.727. The highest BCUT2D eigenvalue weighted by Gasteiger charge is 1.99. The molecule has 0 rings (SSSR count). The summed E-state index contributed by atoms with van der Waals surface area (Å²) in [6.45, 7) is 9.88. The minimum absolute atomic E-state index is 0.886. The van der Waals surface area contributed by atoms with Crippen LogP contribution in [0.5, 0.6) is 0 Å². The molecular weight excluding hydrogens is 132 g/mol. The SMILES string of the molecule is [CH2]CCCC(C)CCCC=C. The molecule has 0 aromatic heterocycles. The zero-order valence-electron chi connectivity index (χ0n) is 7.81. The van der Waals surface area contributed by atoms with E-state index < -0.39 is 0 Å². The van der Waals surface area contributed by atoms with E-state index >= 15 is 0 Å². The topological polar surface area (TPSA) is 0 Å². The van der Waals surface area contributed by atoms with Crippen LogP contribution in [0.15, 0.2) is 12.7 Å². The minimum atomic E-state index is 0.886. The van der Waals surface area contributed by atoms with Crippen molar-refractivity contribution < 1.29 is 0 Å². The van der Waals surface area contributed by atoms with E-state index in [2.05, 4.69) is 20.4 Å². The third-order valence-corrected chi connectivity index (χ3v) is 2.05. The Labute approximate surface area is 71.7 Å². The Morgan fingerprint density at radius 2 is 1.91 bits per heavy atom. The van der Waals surface area contributed by atoms with Gasteiger partial charge in [0.1, 0.15) is 0 Å². The van der Waals surface area contributed by atoms with Crippen LogP contribution in [0, 0.1) is 12.8 Å². The maximum Gasteiger partial charge on any atom is -0.0353 e. The summed E-state index contributed by atoms with van der Waals surface area (Å²) in [4.78, 5) is 0. The van der Waals surface area contributed by atoms with Crippen LogP contribution in [0.25, 0.3) is 0 Å². The van der Waals surface area contributed by atoms with Gasteiger partial charge >= 0.3 is 0 Å². The number of hydrogen-bond donors (Lipinski definition) is 0. The zero-order chi connectivity index (χ0) is 8.53. The molecule has 0 saturated heterocycles. The Morgan fingerprint density at radius 1 is 1.27 bits per heavy atom. The molecule has 0 N–H and O–H groups in total. The quantitative estimate of drug-likeness (QED) is 0.383. The van der Waals surface area contributed by atoms with E-state index in [0.29, 0.717) is 0 Å². The molecule has 0 saturated carbocycles. The van der Waals surface area contributed by atoms with Gasteiger partial charge in [0.2, 0.25) is 0 Å². The lowest BCUT2D eigenvalue weighted by atomic mass is 9.98. The highest BCUT2D eigenvalue weighted by atomic mass is 14.0. The maximum atomic E-state index is 3.84. The minimum Gasteiger partial charge on any atom is -0.103 e. The first-order valence-corrected chi connectivity index (χ1v) is 4.71. The van der Waals surface area contributed by atoms with Crippen molar-refractivity contribution in [2.75, 3.05) is 0 Å². The predicted molar refractivity (Wildman–Crippen MR) is 52.4 cm³/mol. The maximum absolute atomic E-state index is 3.84. The van der Waals surface area contributed by atoms with Crippen LogP contribution in [-0.2, 0) is 0 Å². The van der Waals surface area contributed by atoms with Crippen LogP contribution in [0.1, 0.15) is 45.4 Å². The van der Waals surface area contributed by atoms with Crippen molar-refractivity contribution in [3.05, 3.63) is 19.6 Å². The Morgan fingerprint density at radius 3 is 2.45 bits per heavy atom. The Balaban J connectivity index is 3.08. The van der Waals surface area contributed by atoms with E-state index in [4.69, 9.17) is 0 Å². The summed E-state index contributed by atoms with van der Waals surface area (Å²) in [5, 5.41) is 0. The third kappa shape index (κ3) is 7.64. The van der Waals surface area contributed by atoms with Crippen molar-refractivity contribution in [1.29, 1.82) is 0 Å². The normalized spacial score (nSPS) is 12.9. The molecule has 0 bridgehead atoms. The summed E-state index contributed by atoms with van der Waals surface area (Å²) < 4.78 is 0. The van der Waals surface area contributed by atoms with Crippen molar-refractivity contribution >= 4 is 0 Å². The Bertz CT molecular complexity index is 84.0. The molecule has 1 atom stereocenters. The summed E-state index contributed by atoms with van der Waals surface area (Å²) in [5.41, 5.74) is 0. The number of hydrogen-bond acceptors (Lipinski definition) is 0. The first-order chi connectivity index (χ1) is 5.31. The van der Waals surface area contributed by atoms with E-state index in [1.807, 2.05) is 6.08 Å². The van der Waals surface area contributed by atoms with Crippen molar-refractivity contribution in [3.8, 4) is 0 Å². The van der Waals surface area contributed by atoms with Gasteiger partial charge in [0.15, 0.2) is 0 Å². The summed E-state index contributed by atoms with van der Waals surface area (Å²) in [6, 6.07) is 0. The summed E-state index contributed by atoms with van der Waals surface area (Å²) in [7, 11) is 0. The lowest BCUT2D eigenvalue weighted by molar-refractivity contribution is 0.463. The van der Waals surface area contributed by atoms with Crippen molar-refractivity contribution in [1.82, 2.24) is 0 Å². The van der Waals surface area contributed by atoms with Gasteiger partial charge in [-0.2, -0.15) is 0 Å². The van der Waals surface area contributed by atoms with Gasteiger partial charge in [0, 0.05) is 0 Å². The molecule has 65 valence electrons. The molecule has 0 aliphatic rings. The van der Waals surface area contributed by atoms with Gasteiger partial charge in [0.25, 0.3) is 0 Å². The van der Waals surface area contributed by atoms with Crippen LogP contribution >= 0.6 is 0 Å². The largest absolute Gasteiger partial charge is 0.103 e. The lowest BCUT2D eigenvalue weighted by Crippen LogP contribution is -1.93. The third-order valence-electron chi connectivity index (χ3n) is 2.05. The number of allylic oxidation sites excluding steroid dienone is 1. The van der Waals surface area contributed by atoms with Gasteiger partial charge in [-0.15, -0.1) is 6.58 Å².